The number of nitrogens with one attached hydrogen (secondary N) is 2. The number of rotatable bonds is 8. The number of guanidine groups is 1. The molecule has 2 aromatic rings. The first-order valence-corrected chi connectivity index (χ1v) is 10.1. The van der Waals surface area contributed by atoms with Gasteiger partial charge in [-0.25, -0.2) is 18.5 Å². The van der Waals surface area contributed by atoms with Gasteiger partial charge in [-0.15, -0.1) is 0 Å². The standard InChI is InChI=1S/C18H26N4O3S/c1-14(2)12-21-18(20-10-9-16-4-3-11-25-16)22-13-15-5-7-17(8-6-15)26(19,23)24/h3-8,11,14H,9-10,12-13H2,1-2H3,(H2,19,23,24)(H2,20,21,22). The molecular formula is C18H26N4O3S. The van der Waals surface area contributed by atoms with Crippen LogP contribution in [-0.2, 0) is 23.0 Å². The van der Waals surface area contributed by atoms with E-state index in [0.29, 0.717) is 25.0 Å². The summed E-state index contributed by atoms with van der Waals surface area (Å²) in [4.78, 5) is 4.66. The number of nitrogens with two attached hydrogens (primary N) is 1. The molecule has 8 heteroatoms. The molecule has 4 N–H and O–H groups in total. The van der Waals surface area contributed by atoms with Crippen molar-refractivity contribution < 1.29 is 12.8 Å². The topological polar surface area (TPSA) is 110 Å². The Hall–Kier alpha value is -2.32. The molecule has 2 rings (SSSR count). The van der Waals surface area contributed by atoms with E-state index in [0.717, 1.165) is 24.3 Å². The van der Waals surface area contributed by atoms with Gasteiger partial charge in [0, 0.05) is 19.5 Å². The number of sulfonamides is 1. The summed E-state index contributed by atoms with van der Waals surface area (Å²) < 4.78 is 27.9. The minimum absolute atomic E-state index is 0.0972. The molecule has 1 aromatic carbocycles. The van der Waals surface area contributed by atoms with Crippen molar-refractivity contribution in [2.45, 2.75) is 31.7 Å². The van der Waals surface area contributed by atoms with Gasteiger partial charge in [0.05, 0.1) is 17.7 Å². The molecule has 0 unspecified atom stereocenters. The Morgan fingerprint density at radius 1 is 1.19 bits per heavy atom. The van der Waals surface area contributed by atoms with Gasteiger partial charge in [-0.2, -0.15) is 0 Å². The zero-order valence-electron chi connectivity index (χ0n) is 15.1. The van der Waals surface area contributed by atoms with E-state index in [1.807, 2.05) is 12.1 Å². The van der Waals surface area contributed by atoms with E-state index in [1.165, 1.54) is 12.1 Å². The summed E-state index contributed by atoms with van der Waals surface area (Å²) in [6.07, 6.45) is 2.42. The van der Waals surface area contributed by atoms with E-state index in [2.05, 4.69) is 29.5 Å². The van der Waals surface area contributed by atoms with Gasteiger partial charge in [0.15, 0.2) is 5.96 Å². The van der Waals surface area contributed by atoms with E-state index < -0.39 is 10.0 Å². The van der Waals surface area contributed by atoms with Crippen molar-refractivity contribution >= 4 is 16.0 Å². The van der Waals surface area contributed by atoms with Crippen LogP contribution in [0.4, 0.5) is 0 Å². The molecule has 26 heavy (non-hydrogen) atoms. The van der Waals surface area contributed by atoms with Crippen LogP contribution in [0.2, 0.25) is 0 Å². The SMILES string of the molecule is CC(C)CNC(=NCc1ccc(S(N)(=O)=O)cc1)NCCc1ccco1. The van der Waals surface area contributed by atoms with Crippen LogP contribution >= 0.6 is 0 Å². The third-order valence-electron chi connectivity index (χ3n) is 3.59. The Kier molecular flexibility index (Phi) is 7.23. The average molecular weight is 378 g/mol. The molecular weight excluding hydrogens is 352 g/mol. The van der Waals surface area contributed by atoms with Gasteiger partial charge in [-0.05, 0) is 35.7 Å². The largest absolute Gasteiger partial charge is 0.469 e. The highest BCUT2D eigenvalue weighted by molar-refractivity contribution is 7.89. The molecule has 0 saturated carbocycles. The van der Waals surface area contributed by atoms with Crippen molar-refractivity contribution in [3.63, 3.8) is 0 Å². The summed E-state index contributed by atoms with van der Waals surface area (Å²) in [6.45, 7) is 6.18. The van der Waals surface area contributed by atoms with Crippen LogP contribution in [0.15, 0.2) is 57.0 Å². The van der Waals surface area contributed by atoms with E-state index in [-0.39, 0.29) is 4.90 Å². The maximum Gasteiger partial charge on any atom is 0.238 e. The molecule has 0 aliphatic heterocycles. The molecule has 0 spiro atoms. The Morgan fingerprint density at radius 3 is 2.50 bits per heavy atom. The molecule has 0 amide bonds. The van der Waals surface area contributed by atoms with Crippen molar-refractivity contribution in [1.29, 1.82) is 0 Å². The Labute approximate surface area is 154 Å². The first-order valence-electron chi connectivity index (χ1n) is 8.51. The molecule has 0 saturated heterocycles. The van der Waals surface area contributed by atoms with Crippen molar-refractivity contribution in [1.82, 2.24) is 10.6 Å². The molecule has 1 heterocycles. The van der Waals surface area contributed by atoms with Gasteiger partial charge in [-0.3, -0.25) is 0 Å². The normalized spacial score (nSPS) is 12.4. The second kappa shape index (κ2) is 9.40. The van der Waals surface area contributed by atoms with Crippen molar-refractivity contribution in [3.8, 4) is 0 Å². The number of nitrogens with zero attached hydrogens (tertiary/aromatic N) is 1. The highest BCUT2D eigenvalue weighted by atomic mass is 32.2. The molecule has 7 nitrogen and oxygen atoms in total. The lowest BCUT2D eigenvalue weighted by Crippen LogP contribution is -2.40. The van der Waals surface area contributed by atoms with Gasteiger partial charge in [0.1, 0.15) is 5.76 Å². The first-order chi connectivity index (χ1) is 12.3. The first kappa shape index (κ1) is 20.0. The van der Waals surface area contributed by atoms with Gasteiger partial charge in [0.2, 0.25) is 10.0 Å². The van der Waals surface area contributed by atoms with Crippen LogP contribution in [0.1, 0.15) is 25.2 Å². The third kappa shape index (κ3) is 6.89. The molecule has 0 bridgehead atoms. The Balaban J connectivity index is 1.96. The fourth-order valence-corrected chi connectivity index (χ4v) is 2.70. The number of hydrogen-bond acceptors (Lipinski definition) is 4. The maximum absolute atomic E-state index is 11.3. The summed E-state index contributed by atoms with van der Waals surface area (Å²) in [5.41, 5.74) is 0.897. The van der Waals surface area contributed by atoms with Crippen LogP contribution < -0.4 is 15.8 Å². The number of hydrogen-bond donors (Lipinski definition) is 3. The lowest BCUT2D eigenvalue weighted by atomic mass is 10.2. The number of primary sulfonamides is 1. The Morgan fingerprint density at radius 2 is 1.92 bits per heavy atom. The minimum Gasteiger partial charge on any atom is -0.469 e. The highest BCUT2D eigenvalue weighted by Crippen LogP contribution is 2.09. The van der Waals surface area contributed by atoms with E-state index >= 15 is 0 Å². The van der Waals surface area contributed by atoms with Crippen molar-refractivity contribution in [2.75, 3.05) is 13.1 Å². The van der Waals surface area contributed by atoms with E-state index in [4.69, 9.17) is 9.56 Å². The molecule has 0 fully saturated rings. The van der Waals surface area contributed by atoms with E-state index in [1.54, 1.807) is 18.4 Å². The summed E-state index contributed by atoms with van der Waals surface area (Å²) in [6, 6.07) is 10.2. The summed E-state index contributed by atoms with van der Waals surface area (Å²) in [7, 11) is -3.67. The predicted molar refractivity (Wildman–Crippen MR) is 102 cm³/mol. The maximum atomic E-state index is 11.3. The van der Waals surface area contributed by atoms with Crippen LogP contribution in [0.25, 0.3) is 0 Å². The van der Waals surface area contributed by atoms with Crippen LogP contribution in [0.3, 0.4) is 0 Å². The van der Waals surface area contributed by atoms with Gasteiger partial charge >= 0.3 is 0 Å². The van der Waals surface area contributed by atoms with E-state index in [9.17, 15) is 8.42 Å². The van der Waals surface area contributed by atoms with Crippen LogP contribution in [0, 0.1) is 5.92 Å². The summed E-state index contributed by atoms with van der Waals surface area (Å²) >= 11 is 0. The van der Waals surface area contributed by atoms with Gasteiger partial charge in [-0.1, -0.05) is 26.0 Å². The zero-order valence-corrected chi connectivity index (χ0v) is 15.9. The second-order valence-corrected chi connectivity index (χ2v) is 7.95. The molecule has 1 aromatic heterocycles. The number of furan rings is 1. The average Bonchev–Trinajstić information content (AvgIpc) is 3.09. The third-order valence-corrected chi connectivity index (χ3v) is 4.52. The minimum atomic E-state index is -3.67. The van der Waals surface area contributed by atoms with Crippen molar-refractivity contribution in [3.05, 3.63) is 54.0 Å². The monoisotopic (exact) mass is 378 g/mol. The van der Waals surface area contributed by atoms with Crippen LogP contribution in [0.5, 0.6) is 0 Å². The van der Waals surface area contributed by atoms with Crippen LogP contribution in [-0.4, -0.2) is 27.5 Å². The number of aliphatic imine (C=N–C) groups is 1. The summed E-state index contributed by atoms with van der Waals surface area (Å²) in [5, 5.41) is 11.7. The molecule has 142 valence electrons. The lowest BCUT2D eigenvalue weighted by molar-refractivity contribution is 0.506. The van der Waals surface area contributed by atoms with Crippen molar-refractivity contribution in [2.24, 2.45) is 16.0 Å². The quantitative estimate of drug-likeness (QED) is 0.480. The summed E-state index contributed by atoms with van der Waals surface area (Å²) in [5.74, 6) is 2.11. The second-order valence-electron chi connectivity index (χ2n) is 6.38. The molecule has 0 radical (unpaired) electrons. The van der Waals surface area contributed by atoms with Gasteiger partial charge in [0.25, 0.3) is 0 Å². The highest BCUT2D eigenvalue weighted by Gasteiger charge is 2.07. The molecule has 0 aliphatic carbocycles. The van der Waals surface area contributed by atoms with Gasteiger partial charge < -0.3 is 15.1 Å². The predicted octanol–water partition coefficient (Wildman–Crippen LogP) is 1.86. The number of benzene rings is 1. The Bertz CT molecular complexity index is 797. The molecule has 0 aliphatic rings. The molecule has 0 atom stereocenters. The fourth-order valence-electron chi connectivity index (χ4n) is 2.19. The lowest BCUT2D eigenvalue weighted by Gasteiger charge is -2.14. The fraction of sp³-hybridized carbons (Fsp3) is 0.389. The zero-order chi connectivity index (χ0) is 19.0. The smallest absolute Gasteiger partial charge is 0.238 e.